The Morgan fingerprint density at radius 3 is 1.95 bits per heavy atom. The molecule has 110 valence electrons. The van der Waals surface area contributed by atoms with Gasteiger partial charge in [-0.15, -0.1) is 0 Å². The maximum atomic E-state index is 2.29. The minimum absolute atomic E-state index is 0.473. The predicted molar refractivity (Wildman–Crippen MR) is 94.3 cm³/mol. The Kier molecular flexibility index (Phi) is 4.70. The van der Waals surface area contributed by atoms with Gasteiger partial charge in [0.25, 0.3) is 0 Å². The van der Waals surface area contributed by atoms with Crippen LogP contribution in [0.3, 0.4) is 0 Å². The van der Waals surface area contributed by atoms with Crippen molar-refractivity contribution >= 4 is 0 Å². The molecule has 1 atom stereocenters. The highest BCUT2D eigenvalue weighted by Gasteiger charge is 2.15. The van der Waals surface area contributed by atoms with Gasteiger partial charge in [-0.1, -0.05) is 91.9 Å². The molecule has 0 nitrogen and oxygen atoms in total. The first-order valence-electron chi connectivity index (χ1n) is 8.05. The van der Waals surface area contributed by atoms with Crippen LogP contribution in [0.25, 0.3) is 0 Å². The molecule has 0 N–H and O–H groups in total. The molecule has 1 unspecified atom stereocenters. The van der Waals surface area contributed by atoms with Gasteiger partial charge in [-0.3, -0.25) is 0 Å². The van der Waals surface area contributed by atoms with Gasteiger partial charge in [-0.25, -0.2) is 0 Å². The zero-order chi connectivity index (χ0) is 15.2. The predicted octanol–water partition coefficient (Wildman–Crippen LogP) is 5.82. The van der Waals surface area contributed by atoms with E-state index >= 15 is 0 Å². The summed E-state index contributed by atoms with van der Waals surface area (Å²) in [5.41, 5.74) is 5.67. The first-order chi connectivity index (χ1) is 10.9. The van der Waals surface area contributed by atoms with Crippen LogP contribution in [0.15, 0.2) is 84.9 Å². The molecule has 0 heterocycles. The third-order valence-electron chi connectivity index (χ3n) is 4.28. The van der Waals surface area contributed by atoms with E-state index in [1.807, 2.05) is 0 Å². The van der Waals surface area contributed by atoms with Gasteiger partial charge < -0.3 is 0 Å². The van der Waals surface area contributed by atoms with Crippen LogP contribution in [0.5, 0.6) is 0 Å². The summed E-state index contributed by atoms with van der Waals surface area (Å²) in [5, 5.41) is 0. The third-order valence-corrected chi connectivity index (χ3v) is 4.28. The maximum absolute atomic E-state index is 2.29. The fraction of sp³-hybridized carbons (Fsp3) is 0.182. The van der Waals surface area contributed by atoms with Crippen molar-refractivity contribution in [1.82, 2.24) is 0 Å². The van der Waals surface area contributed by atoms with Gasteiger partial charge in [-0.2, -0.15) is 0 Å². The molecule has 3 rings (SSSR count). The first kappa shape index (κ1) is 14.6. The second-order valence-corrected chi connectivity index (χ2v) is 5.73. The van der Waals surface area contributed by atoms with Crippen molar-refractivity contribution in [3.8, 4) is 0 Å². The van der Waals surface area contributed by atoms with Gasteiger partial charge >= 0.3 is 0 Å². The Morgan fingerprint density at radius 2 is 1.27 bits per heavy atom. The van der Waals surface area contributed by atoms with Crippen molar-refractivity contribution in [2.45, 2.75) is 25.7 Å². The highest BCUT2D eigenvalue weighted by molar-refractivity contribution is 5.40. The molecule has 0 bridgehead atoms. The first-order valence-corrected chi connectivity index (χ1v) is 8.05. The summed E-state index contributed by atoms with van der Waals surface area (Å²) in [5.74, 6) is 0.473. The lowest BCUT2D eigenvalue weighted by Gasteiger charge is -2.20. The highest BCUT2D eigenvalue weighted by Crippen LogP contribution is 2.31. The minimum atomic E-state index is 0.473. The molecule has 3 aromatic rings. The molecule has 0 aliphatic rings. The van der Waals surface area contributed by atoms with Crippen LogP contribution in [-0.4, -0.2) is 0 Å². The molecule has 0 radical (unpaired) electrons. The van der Waals surface area contributed by atoms with Gasteiger partial charge in [0.2, 0.25) is 0 Å². The van der Waals surface area contributed by atoms with Crippen LogP contribution in [0.2, 0.25) is 0 Å². The molecule has 0 aliphatic carbocycles. The van der Waals surface area contributed by atoms with Gasteiger partial charge in [0.1, 0.15) is 0 Å². The standard InChI is InChI=1S/C22H22/c1-2-21(19-13-7-4-8-14-19)22-16-10-9-15-20(22)17-18-11-5-3-6-12-18/h3-16,21H,2,17H2,1H3. The van der Waals surface area contributed by atoms with Gasteiger partial charge in [0, 0.05) is 5.92 Å². The number of benzene rings is 3. The van der Waals surface area contributed by atoms with Crippen molar-refractivity contribution in [3.05, 3.63) is 107 Å². The molecule has 0 fully saturated rings. The topological polar surface area (TPSA) is 0 Å². The summed E-state index contributed by atoms with van der Waals surface area (Å²) in [4.78, 5) is 0. The van der Waals surface area contributed by atoms with Crippen LogP contribution < -0.4 is 0 Å². The molecule has 22 heavy (non-hydrogen) atoms. The lowest BCUT2D eigenvalue weighted by Crippen LogP contribution is -2.04. The van der Waals surface area contributed by atoms with Crippen LogP contribution in [0.1, 0.15) is 41.5 Å². The number of rotatable bonds is 5. The SMILES string of the molecule is CCC(c1ccccc1)c1ccccc1Cc1ccccc1. The molecule has 0 aliphatic heterocycles. The molecule has 0 saturated heterocycles. The number of hydrogen-bond donors (Lipinski definition) is 0. The fourth-order valence-electron chi connectivity index (χ4n) is 3.17. The fourth-order valence-corrected chi connectivity index (χ4v) is 3.17. The van der Waals surface area contributed by atoms with Crippen molar-refractivity contribution in [2.24, 2.45) is 0 Å². The Morgan fingerprint density at radius 1 is 0.682 bits per heavy atom. The van der Waals surface area contributed by atoms with Crippen LogP contribution in [0, 0.1) is 0 Å². The average Bonchev–Trinajstić information content (AvgIpc) is 2.59. The largest absolute Gasteiger partial charge is 0.0645 e. The summed E-state index contributed by atoms with van der Waals surface area (Å²) >= 11 is 0. The van der Waals surface area contributed by atoms with E-state index in [1.165, 1.54) is 22.3 Å². The van der Waals surface area contributed by atoms with E-state index in [2.05, 4.69) is 91.9 Å². The zero-order valence-corrected chi connectivity index (χ0v) is 13.1. The van der Waals surface area contributed by atoms with Crippen molar-refractivity contribution in [1.29, 1.82) is 0 Å². The van der Waals surface area contributed by atoms with Crippen molar-refractivity contribution in [2.75, 3.05) is 0 Å². The highest BCUT2D eigenvalue weighted by atomic mass is 14.2. The smallest absolute Gasteiger partial charge is 0.00895 e. The molecule has 0 heteroatoms. The Balaban J connectivity index is 1.96. The average molecular weight is 286 g/mol. The zero-order valence-electron chi connectivity index (χ0n) is 13.1. The molecule has 0 aromatic heterocycles. The lowest BCUT2D eigenvalue weighted by atomic mass is 9.85. The Labute approximate surface area is 133 Å². The van der Waals surface area contributed by atoms with Gasteiger partial charge in [-0.05, 0) is 35.1 Å². The molecule has 0 spiro atoms. The van der Waals surface area contributed by atoms with E-state index in [0.29, 0.717) is 5.92 Å². The van der Waals surface area contributed by atoms with Crippen molar-refractivity contribution in [3.63, 3.8) is 0 Å². The Hall–Kier alpha value is -2.34. The quantitative estimate of drug-likeness (QED) is 0.554. The van der Waals surface area contributed by atoms with Gasteiger partial charge in [0.15, 0.2) is 0 Å². The van der Waals surface area contributed by atoms with E-state index in [-0.39, 0.29) is 0 Å². The van der Waals surface area contributed by atoms with Crippen LogP contribution in [-0.2, 0) is 6.42 Å². The molecule has 0 amide bonds. The summed E-state index contributed by atoms with van der Waals surface area (Å²) in [6.45, 7) is 2.27. The maximum Gasteiger partial charge on any atom is 0.00895 e. The lowest BCUT2D eigenvalue weighted by molar-refractivity contribution is 0.767. The number of hydrogen-bond acceptors (Lipinski definition) is 0. The van der Waals surface area contributed by atoms with Gasteiger partial charge in [0.05, 0.1) is 0 Å². The van der Waals surface area contributed by atoms with E-state index in [0.717, 1.165) is 12.8 Å². The second kappa shape index (κ2) is 7.09. The molecule has 0 saturated carbocycles. The Bertz CT molecular complexity index is 698. The summed E-state index contributed by atoms with van der Waals surface area (Å²) in [7, 11) is 0. The molecular weight excluding hydrogens is 264 g/mol. The van der Waals surface area contributed by atoms with Crippen LogP contribution >= 0.6 is 0 Å². The third kappa shape index (κ3) is 3.28. The van der Waals surface area contributed by atoms with E-state index < -0.39 is 0 Å². The summed E-state index contributed by atoms with van der Waals surface area (Å²) in [6.07, 6.45) is 2.12. The monoisotopic (exact) mass is 286 g/mol. The molecule has 3 aromatic carbocycles. The minimum Gasteiger partial charge on any atom is -0.0645 e. The second-order valence-electron chi connectivity index (χ2n) is 5.73. The molecular formula is C22H22. The normalized spacial score (nSPS) is 12.0. The summed E-state index contributed by atoms with van der Waals surface area (Å²) in [6, 6.07) is 30.5. The summed E-state index contributed by atoms with van der Waals surface area (Å²) < 4.78 is 0. The van der Waals surface area contributed by atoms with E-state index in [9.17, 15) is 0 Å². The van der Waals surface area contributed by atoms with E-state index in [4.69, 9.17) is 0 Å². The van der Waals surface area contributed by atoms with E-state index in [1.54, 1.807) is 0 Å². The van der Waals surface area contributed by atoms with Crippen molar-refractivity contribution < 1.29 is 0 Å². The van der Waals surface area contributed by atoms with Crippen LogP contribution in [0.4, 0.5) is 0 Å².